The van der Waals surface area contributed by atoms with Crippen molar-refractivity contribution < 1.29 is 4.79 Å². The molecule has 0 aliphatic carbocycles. The van der Waals surface area contributed by atoms with Crippen LogP contribution in [0.25, 0.3) is 0 Å². The van der Waals surface area contributed by atoms with Gasteiger partial charge in [0.2, 0.25) is 5.82 Å². The molecule has 3 aromatic rings. The van der Waals surface area contributed by atoms with Crippen LogP contribution in [-0.4, -0.2) is 50.1 Å². The van der Waals surface area contributed by atoms with Crippen LogP contribution < -0.4 is 10.2 Å². The topological polar surface area (TPSA) is 80.9 Å². The molecule has 1 aliphatic heterocycles. The van der Waals surface area contributed by atoms with Gasteiger partial charge in [0, 0.05) is 32.2 Å². The number of amides is 1. The molecule has 8 nitrogen and oxygen atoms in total. The van der Waals surface area contributed by atoms with Crippen molar-refractivity contribution in [2.45, 2.75) is 32.5 Å². The van der Waals surface area contributed by atoms with E-state index in [0.717, 1.165) is 30.0 Å². The molecular formula is C19H21Cl2N7O. The Labute approximate surface area is 178 Å². The highest BCUT2D eigenvalue weighted by Crippen LogP contribution is 2.26. The first kappa shape index (κ1) is 19.7. The van der Waals surface area contributed by atoms with Crippen LogP contribution in [0, 0.1) is 6.92 Å². The summed E-state index contributed by atoms with van der Waals surface area (Å²) in [5.41, 5.74) is 1.80. The van der Waals surface area contributed by atoms with Crippen LogP contribution in [0.3, 0.4) is 0 Å². The second-order valence-corrected chi connectivity index (χ2v) is 7.97. The minimum absolute atomic E-state index is 0.0242. The van der Waals surface area contributed by atoms with Gasteiger partial charge >= 0.3 is 0 Å². The van der Waals surface area contributed by atoms with E-state index in [4.69, 9.17) is 23.2 Å². The lowest BCUT2D eigenvalue weighted by Gasteiger charge is -2.21. The molecule has 1 atom stereocenters. The maximum absolute atomic E-state index is 12.6. The smallest absolute Gasteiger partial charge is 0.291 e. The number of aromatic nitrogens is 5. The molecule has 152 valence electrons. The van der Waals surface area contributed by atoms with E-state index >= 15 is 0 Å². The summed E-state index contributed by atoms with van der Waals surface area (Å²) in [6.07, 6.45) is 2.30. The Balaban J connectivity index is 1.40. The maximum Gasteiger partial charge on any atom is 0.291 e. The van der Waals surface area contributed by atoms with Gasteiger partial charge in [-0.05, 0) is 25.0 Å². The van der Waals surface area contributed by atoms with Gasteiger partial charge in [0.05, 0.1) is 22.3 Å². The van der Waals surface area contributed by atoms with Gasteiger partial charge in [-0.1, -0.05) is 35.3 Å². The fourth-order valence-electron chi connectivity index (χ4n) is 3.48. The third kappa shape index (κ3) is 4.23. The largest absolute Gasteiger partial charge is 0.358 e. The highest BCUT2D eigenvalue weighted by molar-refractivity contribution is 6.42. The molecule has 0 spiro atoms. The van der Waals surface area contributed by atoms with Gasteiger partial charge < -0.3 is 10.2 Å². The van der Waals surface area contributed by atoms with E-state index in [9.17, 15) is 4.79 Å². The molecule has 0 saturated heterocycles. The molecule has 1 amide bonds. The number of rotatable bonds is 4. The fourth-order valence-corrected chi connectivity index (χ4v) is 3.86. The molecule has 1 aromatic carbocycles. The van der Waals surface area contributed by atoms with Gasteiger partial charge in [0.15, 0.2) is 0 Å². The summed E-state index contributed by atoms with van der Waals surface area (Å²) < 4.78 is 3.55. The lowest BCUT2D eigenvalue weighted by atomic mass is 10.2. The Morgan fingerprint density at radius 2 is 2.14 bits per heavy atom. The first-order valence-electron chi connectivity index (χ1n) is 9.29. The molecule has 0 unspecified atom stereocenters. The Morgan fingerprint density at radius 1 is 1.31 bits per heavy atom. The Morgan fingerprint density at radius 3 is 2.97 bits per heavy atom. The van der Waals surface area contributed by atoms with E-state index in [-0.39, 0.29) is 17.8 Å². The lowest BCUT2D eigenvalue weighted by molar-refractivity contribution is 0.0925. The standard InChI is InChI=1S/C19H21Cl2N7O/c1-12-8-16-26(2)10-14(6-7-28(16)24-12)23-19(29)18-22-11-27(25-18)9-13-4-3-5-15(20)17(13)21/h3-5,8,11,14H,6-7,9-10H2,1-2H3,(H,23,29)/t14-/m0/s1. The number of carbonyl (C=O) groups excluding carboxylic acids is 1. The van der Waals surface area contributed by atoms with Crippen molar-refractivity contribution in [1.29, 1.82) is 0 Å². The van der Waals surface area contributed by atoms with E-state index in [1.165, 1.54) is 6.33 Å². The van der Waals surface area contributed by atoms with Gasteiger partial charge in [0.1, 0.15) is 12.1 Å². The van der Waals surface area contributed by atoms with Gasteiger partial charge in [-0.25, -0.2) is 14.3 Å². The fraction of sp³-hybridized carbons (Fsp3) is 0.368. The molecule has 3 heterocycles. The average Bonchev–Trinajstić information content (AvgIpc) is 3.27. The molecule has 2 aromatic heterocycles. The van der Waals surface area contributed by atoms with E-state index in [1.807, 2.05) is 36.9 Å². The second-order valence-electron chi connectivity index (χ2n) is 7.19. The summed E-state index contributed by atoms with van der Waals surface area (Å²) in [5, 5.41) is 12.8. The molecule has 4 rings (SSSR count). The van der Waals surface area contributed by atoms with E-state index in [0.29, 0.717) is 23.1 Å². The van der Waals surface area contributed by atoms with Crippen LogP contribution in [0.5, 0.6) is 0 Å². The average molecular weight is 434 g/mol. The zero-order valence-corrected chi connectivity index (χ0v) is 17.7. The zero-order chi connectivity index (χ0) is 20.5. The minimum atomic E-state index is -0.296. The SMILES string of the molecule is Cc1cc2n(n1)CC[C@H](NC(=O)c1ncn(Cc3cccc(Cl)c3Cl)n1)CN2C. The molecule has 0 fully saturated rings. The summed E-state index contributed by atoms with van der Waals surface area (Å²) in [5.74, 6) is 0.888. The predicted octanol–water partition coefficient (Wildman–Crippen LogP) is 2.78. The third-order valence-electron chi connectivity index (χ3n) is 4.89. The first-order chi connectivity index (χ1) is 13.9. The van der Waals surface area contributed by atoms with Crippen LogP contribution in [-0.2, 0) is 13.1 Å². The Hall–Kier alpha value is -2.58. The molecule has 10 heteroatoms. The van der Waals surface area contributed by atoms with Gasteiger partial charge in [-0.3, -0.25) is 4.79 Å². The second kappa shape index (κ2) is 8.04. The number of nitrogens with zero attached hydrogens (tertiary/aromatic N) is 6. The highest BCUT2D eigenvalue weighted by atomic mass is 35.5. The number of hydrogen-bond donors (Lipinski definition) is 1. The van der Waals surface area contributed by atoms with Crippen LogP contribution in [0.2, 0.25) is 10.0 Å². The van der Waals surface area contributed by atoms with E-state index in [2.05, 4.69) is 25.4 Å². The molecule has 0 saturated carbocycles. The van der Waals surface area contributed by atoms with Gasteiger partial charge in [0.25, 0.3) is 5.91 Å². The summed E-state index contributed by atoms with van der Waals surface area (Å²) >= 11 is 12.3. The van der Waals surface area contributed by atoms with Crippen molar-refractivity contribution >= 4 is 34.9 Å². The predicted molar refractivity (Wildman–Crippen MR) is 112 cm³/mol. The maximum atomic E-state index is 12.6. The number of hydrogen-bond acceptors (Lipinski definition) is 5. The van der Waals surface area contributed by atoms with Crippen LogP contribution in [0.4, 0.5) is 5.82 Å². The number of fused-ring (bicyclic) bond motifs is 1. The van der Waals surface area contributed by atoms with Crippen molar-refractivity contribution in [2.24, 2.45) is 0 Å². The summed E-state index contributed by atoms with van der Waals surface area (Å²) in [4.78, 5) is 18.9. The summed E-state index contributed by atoms with van der Waals surface area (Å²) in [6.45, 7) is 3.79. The molecular weight excluding hydrogens is 413 g/mol. The number of halogens is 2. The Kier molecular flexibility index (Phi) is 5.47. The normalized spacial score (nSPS) is 16.4. The molecule has 1 aliphatic rings. The van der Waals surface area contributed by atoms with Crippen LogP contribution in [0.1, 0.15) is 28.3 Å². The van der Waals surface area contributed by atoms with Crippen LogP contribution >= 0.6 is 23.2 Å². The van der Waals surface area contributed by atoms with Gasteiger partial charge in [-0.15, -0.1) is 5.10 Å². The quantitative estimate of drug-likeness (QED) is 0.683. The lowest BCUT2D eigenvalue weighted by Crippen LogP contribution is -2.42. The zero-order valence-electron chi connectivity index (χ0n) is 16.1. The number of nitrogens with one attached hydrogen (secondary N) is 1. The van der Waals surface area contributed by atoms with Crippen molar-refractivity contribution in [1.82, 2.24) is 29.9 Å². The molecule has 0 radical (unpaired) electrons. The third-order valence-corrected chi connectivity index (χ3v) is 5.75. The highest BCUT2D eigenvalue weighted by Gasteiger charge is 2.24. The number of aryl methyl sites for hydroxylation is 2. The van der Waals surface area contributed by atoms with Gasteiger partial charge in [-0.2, -0.15) is 5.10 Å². The van der Waals surface area contributed by atoms with Crippen molar-refractivity contribution in [2.75, 3.05) is 18.5 Å². The summed E-state index contributed by atoms with van der Waals surface area (Å²) in [6, 6.07) is 7.44. The van der Waals surface area contributed by atoms with Crippen molar-refractivity contribution in [3.8, 4) is 0 Å². The molecule has 29 heavy (non-hydrogen) atoms. The van der Waals surface area contributed by atoms with E-state index in [1.54, 1.807) is 10.7 Å². The molecule has 0 bridgehead atoms. The van der Waals surface area contributed by atoms with Crippen LogP contribution in [0.15, 0.2) is 30.6 Å². The first-order valence-corrected chi connectivity index (χ1v) is 10.0. The van der Waals surface area contributed by atoms with Crippen molar-refractivity contribution in [3.63, 3.8) is 0 Å². The number of carbonyl (C=O) groups is 1. The number of likely N-dealkylation sites (N-methyl/N-ethyl adjacent to an activating group) is 1. The van der Waals surface area contributed by atoms with E-state index < -0.39 is 0 Å². The number of anilines is 1. The Bertz CT molecular complexity index is 1050. The minimum Gasteiger partial charge on any atom is -0.358 e. The molecule has 1 N–H and O–H groups in total. The summed E-state index contributed by atoms with van der Waals surface area (Å²) in [7, 11) is 2.00. The van der Waals surface area contributed by atoms with Crippen molar-refractivity contribution in [3.05, 3.63) is 57.7 Å². The monoisotopic (exact) mass is 433 g/mol. The number of benzene rings is 1.